The number of hydrogen-bond donors (Lipinski definition) is 5. The van der Waals surface area contributed by atoms with Crippen molar-refractivity contribution >= 4 is 0 Å². The normalized spacial score (nSPS) is 20.6. The summed E-state index contributed by atoms with van der Waals surface area (Å²) in [5.41, 5.74) is 0.618. The van der Waals surface area contributed by atoms with Crippen LogP contribution in [0.1, 0.15) is 17.2 Å². The van der Waals surface area contributed by atoms with Gasteiger partial charge in [0.1, 0.15) is 17.2 Å². The van der Waals surface area contributed by atoms with Gasteiger partial charge in [0.05, 0.1) is 6.10 Å². The predicted molar refractivity (Wildman–Crippen MR) is 72.6 cm³/mol. The molecule has 1 heterocycles. The van der Waals surface area contributed by atoms with Crippen LogP contribution in [0.2, 0.25) is 0 Å². The van der Waals surface area contributed by atoms with Crippen molar-refractivity contribution in [3.8, 4) is 28.7 Å². The molecular formula is C15H14O6. The monoisotopic (exact) mass is 290 g/mol. The second-order valence-electron chi connectivity index (χ2n) is 4.97. The van der Waals surface area contributed by atoms with Crippen LogP contribution >= 0.6 is 0 Å². The van der Waals surface area contributed by atoms with Crippen molar-refractivity contribution in [2.24, 2.45) is 0 Å². The molecule has 1 aliphatic heterocycles. The maximum absolute atomic E-state index is 10.2. The molecule has 3 rings (SSSR count). The number of hydrogen-bond acceptors (Lipinski definition) is 6. The maximum Gasteiger partial charge on any atom is 0.164 e. The van der Waals surface area contributed by atoms with E-state index in [2.05, 4.69) is 0 Å². The average molecular weight is 290 g/mol. The molecule has 0 bridgehead atoms. The van der Waals surface area contributed by atoms with E-state index in [-0.39, 0.29) is 40.7 Å². The summed E-state index contributed by atoms with van der Waals surface area (Å²) in [7, 11) is 0. The molecule has 2 aromatic carbocycles. The molecule has 110 valence electrons. The van der Waals surface area contributed by atoms with Crippen LogP contribution in [0.15, 0.2) is 30.3 Å². The fourth-order valence-electron chi connectivity index (χ4n) is 2.51. The Hall–Kier alpha value is -2.60. The van der Waals surface area contributed by atoms with E-state index in [4.69, 9.17) is 4.74 Å². The average Bonchev–Trinajstić information content (AvgIpc) is 2.42. The zero-order valence-corrected chi connectivity index (χ0v) is 10.9. The van der Waals surface area contributed by atoms with Gasteiger partial charge in [-0.1, -0.05) is 12.1 Å². The van der Waals surface area contributed by atoms with Gasteiger partial charge in [-0.25, -0.2) is 0 Å². The van der Waals surface area contributed by atoms with Crippen LogP contribution < -0.4 is 4.74 Å². The number of phenolic OH excluding ortho intramolecular Hbond substituents is 4. The Morgan fingerprint density at radius 3 is 2.52 bits per heavy atom. The van der Waals surface area contributed by atoms with E-state index in [1.54, 1.807) is 0 Å². The van der Waals surface area contributed by atoms with Gasteiger partial charge >= 0.3 is 0 Å². The van der Waals surface area contributed by atoms with E-state index in [9.17, 15) is 25.5 Å². The summed E-state index contributed by atoms with van der Waals surface area (Å²) in [5.74, 6) is -0.781. The van der Waals surface area contributed by atoms with E-state index in [1.165, 1.54) is 30.3 Å². The van der Waals surface area contributed by atoms with Crippen LogP contribution in [-0.4, -0.2) is 31.6 Å². The lowest BCUT2D eigenvalue weighted by atomic mass is 9.93. The SMILES string of the molecule is Oc1cc(O)c2c(c1)OC(c1cccc(O)c1O)C(O)C2. The van der Waals surface area contributed by atoms with E-state index in [0.717, 1.165) is 0 Å². The lowest BCUT2D eigenvalue weighted by Crippen LogP contribution is -2.30. The first-order valence-corrected chi connectivity index (χ1v) is 6.37. The van der Waals surface area contributed by atoms with Gasteiger partial charge in [0, 0.05) is 29.7 Å². The third kappa shape index (κ3) is 2.19. The molecule has 0 spiro atoms. The van der Waals surface area contributed by atoms with Crippen molar-refractivity contribution < 1.29 is 30.3 Å². The van der Waals surface area contributed by atoms with Crippen molar-refractivity contribution in [1.82, 2.24) is 0 Å². The Bertz CT molecular complexity index is 697. The van der Waals surface area contributed by atoms with Crippen molar-refractivity contribution in [3.63, 3.8) is 0 Å². The van der Waals surface area contributed by atoms with Crippen molar-refractivity contribution in [2.45, 2.75) is 18.6 Å². The number of aromatic hydroxyl groups is 4. The zero-order valence-electron chi connectivity index (χ0n) is 10.9. The summed E-state index contributed by atoms with van der Waals surface area (Å²) < 4.78 is 5.59. The largest absolute Gasteiger partial charge is 0.508 e. The first-order valence-electron chi connectivity index (χ1n) is 6.37. The lowest BCUT2D eigenvalue weighted by molar-refractivity contribution is 0.0184. The standard InChI is InChI=1S/C15H14O6/c16-7-4-11(18)9-6-12(19)15(21-13(9)5-7)8-2-1-3-10(17)14(8)20/h1-5,12,15-20H,6H2. The van der Waals surface area contributed by atoms with E-state index in [0.29, 0.717) is 5.56 Å². The van der Waals surface area contributed by atoms with E-state index >= 15 is 0 Å². The molecule has 0 radical (unpaired) electrons. The maximum atomic E-state index is 10.2. The van der Waals surface area contributed by atoms with Gasteiger partial charge in [-0.2, -0.15) is 0 Å². The number of phenols is 4. The lowest BCUT2D eigenvalue weighted by Gasteiger charge is -2.31. The Morgan fingerprint density at radius 2 is 1.76 bits per heavy atom. The third-order valence-electron chi connectivity index (χ3n) is 3.54. The molecule has 2 unspecified atom stereocenters. The Kier molecular flexibility index (Phi) is 3.03. The van der Waals surface area contributed by atoms with Crippen LogP contribution in [0.25, 0.3) is 0 Å². The number of rotatable bonds is 1. The highest BCUT2D eigenvalue weighted by atomic mass is 16.5. The van der Waals surface area contributed by atoms with Crippen molar-refractivity contribution in [3.05, 3.63) is 41.5 Å². The molecule has 0 aromatic heterocycles. The number of aliphatic hydroxyl groups excluding tert-OH is 1. The van der Waals surface area contributed by atoms with Crippen LogP contribution in [0.4, 0.5) is 0 Å². The summed E-state index contributed by atoms with van der Waals surface area (Å²) in [6, 6.07) is 6.86. The van der Waals surface area contributed by atoms with Crippen molar-refractivity contribution in [2.75, 3.05) is 0 Å². The molecule has 6 nitrogen and oxygen atoms in total. The molecule has 0 fully saturated rings. The molecular weight excluding hydrogens is 276 g/mol. The van der Waals surface area contributed by atoms with E-state index in [1.807, 2.05) is 0 Å². The van der Waals surface area contributed by atoms with Gasteiger partial charge in [-0.15, -0.1) is 0 Å². The first kappa shape index (κ1) is 13.4. The van der Waals surface area contributed by atoms with Crippen LogP contribution in [0.5, 0.6) is 28.7 Å². The molecule has 5 N–H and O–H groups in total. The molecule has 2 aromatic rings. The fourth-order valence-corrected chi connectivity index (χ4v) is 2.51. The van der Waals surface area contributed by atoms with Gasteiger partial charge in [-0.3, -0.25) is 0 Å². The summed E-state index contributed by atoms with van der Waals surface area (Å²) in [6.07, 6.45) is -1.83. The molecule has 0 saturated carbocycles. The predicted octanol–water partition coefficient (Wildman–Crippen LogP) is 1.55. The molecule has 6 heteroatoms. The first-order chi connectivity index (χ1) is 9.97. The topological polar surface area (TPSA) is 110 Å². The molecule has 1 aliphatic rings. The second-order valence-corrected chi connectivity index (χ2v) is 4.97. The molecule has 2 atom stereocenters. The minimum absolute atomic E-state index is 0.0984. The minimum Gasteiger partial charge on any atom is -0.508 e. The van der Waals surface area contributed by atoms with Crippen LogP contribution in [0.3, 0.4) is 0 Å². The van der Waals surface area contributed by atoms with Crippen LogP contribution in [0, 0.1) is 0 Å². The smallest absolute Gasteiger partial charge is 0.164 e. The Morgan fingerprint density at radius 1 is 1.00 bits per heavy atom. The summed E-state index contributed by atoms with van der Waals surface area (Å²) in [4.78, 5) is 0. The van der Waals surface area contributed by atoms with Gasteiger partial charge in [0.25, 0.3) is 0 Å². The zero-order chi connectivity index (χ0) is 15.1. The highest BCUT2D eigenvalue weighted by Gasteiger charge is 2.34. The number of para-hydroxylation sites is 1. The van der Waals surface area contributed by atoms with Crippen LogP contribution in [-0.2, 0) is 6.42 Å². The number of fused-ring (bicyclic) bond motifs is 1. The fraction of sp³-hybridized carbons (Fsp3) is 0.200. The van der Waals surface area contributed by atoms with Gasteiger partial charge < -0.3 is 30.3 Å². The number of ether oxygens (including phenoxy) is 1. The quantitative estimate of drug-likeness (QED) is 0.510. The van der Waals surface area contributed by atoms with Crippen molar-refractivity contribution in [1.29, 1.82) is 0 Å². The molecule has 0 amide bonds. The number of benzene rings is 2. The highest BCUT2D eigenvalue weighted by molar-refractivity contribution is 5.53. The second kappa shape index (κ2) is 4.75. The highest BCUT2D eigenvalue weighted by Crippen LogP contribution is 2.44. The van der Waals surface area contributed by atoms with Gasteiger partial charge in [0.2, 0.25) is 0 Å². The van der Waals surface area contributed by atoms with E-state index < -0.39 is 12.2 Å². The van der Waals surface area contributed by atoms with Gasteiger partial charge in [0.15, 0.2) is 17.6 Å². The Labute approximate surface area is 120 Å². The number of aliphatic hydroxyl groups is 1. The summed E-state index contributed by atoms with van der Waals surface area (Å²) in [5, 5.41) is 48.9. The summed E-state index contributed by atoms with van der Waals surface area (Å²) >= 11 is 0. The molecule has 0 aliphatic carbocycles. The molecule has 21 heavy (non-hydrogen) atoms. The van der Waals surface area contributed by atoms with Gasteiger partial charge in [-0.05, 0) is 6.07 Å². The molecule has 0 saturated heterocycles. The summed E-state index contributed by atoms with van der Waals surface area (Å²) in [6.45, 7) is 0. The Balaban J connectivity index is 2.04. The third-order valence-corrected chi connectivity index (χ3v) is 3.54. The minimum atomic E-state index is -1.01.